The third kappa shape index (κ3) is 1.92. The molecule has 0 unspecified atom stereocenters. The molecule has 0 radical (unpaired) electrons. The Balaban J connectivity index is 3.40. The van der Waals surface area contributed by atoms with Crippen LogP contribution in [-0.4, -0.2) is 35.1 Å². The van der Waals surface area contributed by atoms with Gasteiger partial charge in [0.15, 0.2) is 5.69 Å². The average molecular weight is 261 g/mol. The molecule has 0 aliphatic rings. The first-order valence-corrected chi connectivity index (χ1v) is 4.46. The lowest BCUT2D eigenvalue weighted by Gasteiger charge is -2.14. The zero-order valence-electron chi connectivity index (χ0n) is 7.65. The molecule has 0 aliphatic heterocycles. The van der Waals surface area contributed by atoms with Crippen LogP contribution in [0.4, 0.5) is 11.8 Å². The first-order chi connectivity index (χ1) is 6.43. The number of nitrogens with two attached hydrogens (primary N) is 1. The molecule has 0 aromatic carbocycles. The van der Waals surface area contributed by atoms with Crippen molar-refractivity contribution in [2.45, 2.75) is 0 Å². The van der Waals surface area contributed by atoms with Gasteiger partial charge in [0.1, 0.15) is 5.82 Å². The molecule has 0 saturated carbocycles. The Kier molecular flexibility index (Phi) is 2.90. The summed E-state index contributed by atoms with van der Waals surface area (Å²) in [5, 5.41) is 8.80. The molecule has 0 fully saturated rings. The molecule has 1 heterocycles. The highest BCUT2D eigenvalue weighted by molar-refractivity contribution is 9.10. The van der Waals surface area contributed by atoms with Crippen molar-refractivity contribution in [3.63, 3.8) is 0 Å². The summed E-state index contributed by atoms with van der Waals surface area (Å²) in [5.41, 5.74) is 5.23. The van der Waals surface area contributed by atoms with E-state index in [-0.39, 0.29) is 11.6 Å². The van der Waals surface area contributed by atoms with E-state index in [4.69, 9.17) is 10.8 Å². The van der Waals surface area contributed by atoms with Gasteiger partial charge in [-0.15, -0.1) is 0 Å². The predicted octanol–water partition coefficient (Wildman–Crippen LogP) is 0.586. The first kappa shape index (κ1) is 10.7. The van der Waals surface area contributed by atoms with E-state index in [1.165, 1.54) is 0 Å². The third-order valence-corrected chi connectivity index (χ3v) is 2.21. The third-order valence-electron chi connectivity index (χ3n) is 1.48. The Morgan fingerprint density at radius 1 is 1.50 bits per heavy atom. The fourth-order valence-electron chi connectivity index (χ4n) is 0.890. The van der Waals surface area contributed by atoms with Crippen molar-refractivity contribution in [2.24, 2.45) is 0 Å². The largest absolute Gasteiger partial charge is 0.476 e. The average Bonchev–Trinajstić information content (AvgIpc) is 2.07. The standard InChI is InChI=1S/C7H9BrN4O2/c1-12(2)5-3(8)4(6(13)14)10-7(9)11-5/h1-2H3,(H,13,14)(H2,9,10,11). The van der Waals surface area contributed by atoms with Crippen LogP contribution in [0.5, 0.6) is 0 Å². The molecule has 0 spiro atoms. The maximum absolute atomic E-state index is 10.8. The fourth-order valence-corrected chi connectivity index (χ4v) is 1.59. The minimum atomic E-state index is -1.14. The quantitative estimate of drug-likeness (QED) is 0.809. The summed E-state index contributed by atoms with van der Waals surface area (Å²) >= 11 is 3.11. The van der Waals surface area contributed by atoms with E-state index in [2.05, 4.69) is 25.9 Å². The lowest BCUT2D eigenvalue weighted by atomic mass is 10.4. The van der Waals surface area contributed by atoms with Gasteiger partial charge in [-0.1, -0.05) is 0 Å². The van der Waals surface area contributed by atoms with Crippen molar-refractivity contribution in [2.75, 3.05) is 24.7 Å². The molecular weight excluding hydrogens is 252 g/mol. The van der Waals surface area contributed by atoms with Gasteiger partial charge < -0.3 is 15.7 Å². The van der Waals surface area contributed by atoms with Gasteiger partial charge in [0.25, 0.3) is 0 Å². The second kappa shape index (κ2) is 3.79. The van der Waals surface area contributed by atoms with Crippen molar-refractivity contribution in [3.8, 4) is 0 Å². The van der Waals surface area contributed by atoms with Gasteiger partial charge >= 0.3 is 5.97 Å². The number of carboxylic acids is 1. The number of rotatable bonds is 2. The van der Waals surface area contributed by atoms with Crippen LogP contribution < -0.4 is 10.6 Å². The smallest absolute Gasteiger partial charge is 0.355 e. The minimum Gasteiger partial charge on any atom is -0.476 e. The molecular formula is C7H9BrN4O2. The van der Waals surface area contributed by atoms with E-state index in [0.717, 1.165) is 0 Å². The van der Waals surface area contributed by atoms with Crippen LogP contribution in [-0.2, 0) is 0 Å². The molecule has 3 N–H and O–H groups in total. The van der Waals surface area contributed by atoms with E-state index in [9.17, 15) is 4.79 Å². The maximum Gasteiger partial charge on any atom is 0.355 e. The highest BCUT2D eigenvalue weighted by Crippen LogP contribution is 2.25. The number of halogens is 1. The summed E-state index contributed by atoms with van der Waals surface area (Å²) in [7, 11) is 3.47. The first-order valence-electron chi connectivity index (χ1n) is 3.67. The Morgan fingerprint density at radius 2 is 2.07 bits per heavy atom. The number of nitrogen functional groups attached to an aromatic ring is 1. The van der Waals surface area contributed by atoms with Crippen molar-refractivity contribution in [1.82, 2.24) is 9.97 Å². The van der Waals surface area contributed by atoms with Crippen LogP contribution in [0, 0.1) is 0 Å². The summed E-state index contributed by atoms with van der Waals surface area (Å²) < 4.78 is 0.323. The van der Waals surface area contributed by atoms with Crippen LogP contribution in [0.2, 0.25) is 0 Å². The molecule has 0 atom stereocenters. The van der Waals surface area contributed by atoms with E-state index in [1.54, 1.807) is 19.0 Å². The molecule has 76 valence electrons. The number of aromatic nitrogens is 2. The van der Waals surface area contributed by atoms with Crippen molar-refractivity contribution < 1.29 is 9.90 Å². The number of carboxylic acid groups (broad SMARTS) is 1. The van der Waals surface area contributed by atoms with E-state index in [1.807, 2.05) is 0 Å². The second-order valence-corrected chi connectivity index (χ2v) is 3.56. The Labute approximate surface area is 88.9 Å². The molecule has 6 nitrogen and oxygen atoms in total. The van der Waals surface area contributed by atoms with Crippen LogP contribution in [0.25, 0.3) is 0 Å². The predicted molar refractivity (Wildman–Crippen MR) is 55.4 cm³/mol. The summed E-state index contributed by atoms with van der Waals surface area (Å²) in [4.78, 5) is 19.9. The van der Waals surface area contributed by atoms with Crippen molar-refractivity contribution >= 4 is 33.7 Å². The van der Waals surface area contributed by atoms with Crippen LogP contribution in [0.3, 0.4) is 0 Å². The van der Waals surface area contributed by atoms with Gasteiger partial charge in [0, 0.05) is 14.1 Å². The van der Waals surface area contributed by atoms with Crippen LogP contribution in [0.15, 0.2) is 4.47 Å². The Hall–Kier alpha value is -1.37. The normalized spacial score (nSPS) is 9.93. The molecule has 1 aromatic rings. The minimum absolute atomic E-state index is 0.0608. The van der Waals surface area contributed by atoms with E-state index >= 15 is 0 Å². The molecule has 0 aliphatic carbocycles. The van der Waals surface area contributed by atoms with Gasteiger partial charge in [-0.05, 0) is 15.9 Å². The fraction of sp³-hybridized carbons (Fsp3) is 0.286. The maximum atomic E-state index is 10.8. The highest BCUT2D eigenvalue weighted by atomic mass is 79.9. The van der Waals surface area contributed by atoms with Gasteiger partial charge in [0.05, 0.1) is 4.47 Å². The summed E-state index contributed by atoms with van der Waals surface area (Å²) in [6.07, 6.45) is 0. The zero-order valence-corrected chi connectivity index (χ0v) is 9.24. The van der Waals surface area contributed by atoms with E-state index < -0.39 is 5.97 Å². The molecule has 7 heteroatoms. The van der Waals surface area contributed by atoms with Gasteiger partial charge in [-0.3, -0.25) is 0 Å². The topological polar surface area (TPSA) is 92.3 Å². The SMILES string of the molecule is CN(C)c1nc(N)nc(C(=O)O)c1Br. The van der Waals surface area contributed by atoms with E-state index in [0.29, 0.717) is 10.3 Å². The Morgan fingerprint density at radius 3 is 2.50 bits per heavy atom. The van der Waals surface area contributed by atoms with Crippen LogP contribution in [0.1, 0.15) is 10.5 Å². The van der Waals surface area contributed by atoms with Gasteiger partial charge in [-0.25, -0.2) is 9.78 Å². The number of nitrogens with zero attached hydrogens (tertiary/aromatic N) is 3. The highest BCUT2D eigenvalue weighted by Gasteiger charge is 2.17. The molecule has 1 rings (SSSR count). The Bertz CT molecular complexity index is 380. The zero-order chi connectivity index (χ0) is 10.9. The van der Waals surface area contributed by atoms with Crippen LogP contribution >= 0.6 is 15.9 Å². The molecule has 0 bridgehead atoms. The lowest BCUT2D eigenvalue weighted by Crippen LogP contribution is -2.16. The number of hydrogen-bond acceptors (Lipinski definition) is 5. The number of aromatic carboxylic acids is 1. The molecule has 0 amide bonds. The van der Waals surface area contributed by atoms with Gasteiger partial charge in [0.2, 0.25) is 5.95 Å². The number of anilines is 2. The summed E-state index contributed by atoms with van der Waals surface area (Å²) in [6.45, 7) is 0. The molecule has 1 aromatic heterocycles. The lowest BCUT2D eigenvalue weighted by molar-refractivity contribution is 0.0689. The number of hydrogen-bond donors (Lipinski definition) is 2. The molecule has 0 saturated heterocycles. The van der Waals surface area contributed by atoms with Crippen molar-refractivity contribution in [1.29, 1.82) is 0 Å². The summed E-state index contributed by atoms with van der Waals surface area (Å²) in [5.74, 6) is -0.765. The monoisotopic (exact) mass is 260 g/mol. The summed E-state index contributed by atoms with van der Waals surface area (Å²) in [6, 6.07) is 0. The van der Waals surface area contributed by atoms with Gasteiger partial charge in [-0.2, -0.15) is 4.98 Å². The van der Waals surface area contributed by atoms with Crippen molar-refractivity contribution in [3.05, 3.63) is 10.2 Å². The molecule has 14 heavy (non-hydrogen) atoms. The second-order valence-electron chi connectivity index (χ2n) is 2.77. The number of carbonyl (C=O) groups is 1.